The van der Waals surface area contributed by atoms with Crippen molar-refractivity contribution in [3.8, 4) is 0 Å². The van der Waals surface area contributed by atoms with Gasteiger partial charge >= 0.3 is 6.03 Å². The number of imidazole rings is 1. The molecule has 1 aliphatic carbocycles. The maximum absolute atomic E-state index is 13.4. The van der Waals surface area contributed by atoms with E-state index in [0.29, 0.717) is 12.2 Å². The summed E-state index contributed by atoms with van der Waals surface area (Å²) >= 11 is 0. The van der Waals surface area contributed by atoms with Gasteiger partial charge in [0.15, 0.2) is 0 Å². The molecular weight excluding hydrogens is 307 g/mol. The van der Waals surface area contributed by atoms with Crippen molar-refractivity contribution >= 4 is 17.4 Å². The Morgan fingerprint density at radius 2 is 2.17 bits per heavy atom. The molecule has 0 aliphatic heterocycles. The van der Waals surface area contributed by atoms with Crippen molar-refractivity contribution in [3.05, 3.63) is 66.4 Å². The van der Waals surface area contributed by atoms with Gasteiger partial charge in [-0.05, 0) is 36.6 Å². The molecule has 1 fully saturated rings. The van der Waals surface area contributed by atoms with Crippen molar-refractivity contribution in [1.82, 2.24) is 14.3 Å². The Hall–Kier alpha value is -2.89. The van der Waals surface area contributed by atoms with E-state index in [1.54, 1.807) is 17.2 Å². The summed E-state index contributed by atoms with van der Waals surface area (Å²) in [4.78, 5) is 18.6. The third-order valence-electron chi connectivity index (χ3n) is 4.14. The Bertz CT molecular complexity index is 887. The SMILES string of the molecule is O=C(Nc1ccn2ccnc2c1)N(Cc1cccc(F)c1)C1CC1. The number of benzene rings is 1. The molecule has 0 atom stereocenters. The number of anilines is 1. The Kier molecular flexibility index (Phi) is 3.65. The van der Waals surface area contributed by atoms with Crippen LogP contribution >= 0.6 is 0 Å². The molecule has 0 bridgehead atoms. The van der Waals surface area contributed by atoms with Crippen LogP contribution in [0.15, 0.2) is 55.0 Å². The number of carbonyl (C=O) groups is 1. The minimum absolute atomic E-state index is 0.169. The van der Waals surface area contributed by atoms with Gasteiger partial charge in [-0.3, -0.25) is 0 Å². The van der Waals surface area contributed by atoms with Crippen molar-refractivity contribution in [1.29, 1.82) is 0 Å². The van der Waals surface area contributed by atoms with Gasteiger partial charge in [0.1, 0.15) is 11.5 Å². The lowest BCUT2D eigenvalue weighted by Crippen LogP contribution is -2.36. The molecule has 2 aromatic heterocycles. The third-order valence-corrected chi connectivity index (χ3v) is 4.14. The van der Waals surface area contributed by atoms with E-state index in [0.717, 1.165) is 24.1 Å². The molecule has 2 heterocycles. The minimum atomic E-state index is -0.284. The van der Waals surface area contributed by atoms with Crippen LogP contribution in [0.5, 0.6) is 0 Å². The van der Waals surface area contributed by atoms with Crippen molar-refractivity contribution in [3.63, 3.8) is 0 Å². The molecule has 0 spiro atoms. The van der Waals surface area contributed by atoms with Crippen LogP contribution in [0.2, 0.25) is 0 Å². The van der Waals surface area contributed by atoms with Gasteiger partial charge in [-0.1, -0.05) is 12.1 Å². The number of rotatable bonds is 4. The van der Waals surface area contributed by atoms with Gasteiger partial charge in [-0.2, -0.15) is 0 Å². The molecule has 2 amide bonds. The predicted octanol–water partition coefficient (Wildman–Crippen LogP) is 3.67. The molecule has 1 saturated carbocycles. The predicted molar refractivity (Wildman–Crippen MR) is 89.2 cm³/mol. The van der Waals surface area contributed by atoms with E-state index >= 15 is 0 Å². The van der Waals surface area contributed by atoms with Gasteiger partial charge < -0.3 is 14.6 Å². The van der Waals surface area contributed by atoms with Crippen LogP contribution in [-0.4, -0.2) is 26.4 Å². The summed E-state index contributed by atoms with van der Waals surface area (Å²) in [5.74, 6) is -0.284. The molecule has 122 valence electrons. The Labute approximate surface area is 138 Å². The van der Waals surface area contributed by atoms with Crippen LogP contribution < -0.4 is 5.32 Å². The summed E-state index contributed by atoms with van der Waals surface area (Å²) < 4.78 is 15.2. The topological polar surface area (TPSA) is 49.6 Å². The molecule has 1 aromatic carbocycles. The number of aromatic nitrogens is 2. The molecule has 1 N–H and O–H groups in total. The first-order valence-corrected chi connectivity index (χ1v) is 7.94. The summed E-state index contributed by atoms with van der Waals surface area (Å²) in [5, 5.41) is 2.92. The summed E-state index contributed by atoms with van der Waals surface area (Å²) in [7, 11) is 0. The number of carbonyl (C=O) groups excluding carboxylic acids is 1. The lowest BCUT2D eigenvalue weighted by Gasteiger charge is -2.23. The first kappa shape index (κ1) is 14.7. The molecule has 0 radical (unpaired) electrons. The number of pyridine rings is 1. The lowest BCUT2D eigenvalue weighted by atomic mass is 10.2. The lowest BCUT2D eigenvalue weighted by molar-refractivity contribution is 0.206. The Morgan fingerprint density at radius 3 is 2.96 bits per heavy atom. The quantitative estimate of drug-likeness (QED) is 0.796. The first-order valence-electron chi connectivity index (χ1n) is 7.94. The largest absolute Gasteiger partial charge is 0.322 e. The van der Waals surface area contributed by atoms with Gasteiger partial charge in [0.2, 0.25) is 0 Å². The second-order valence-electron chi connectivity index (χ2n) is 6.03. The third kappa shape index (κ3) is 3.08. The fraction of sp³-hybridized carbons (Fsp3) is 0.222. The maximum Gasteiger partial charge on any atom is 0.322 e. The fourth-order valence-corrected chi connectivity index (χ4v) is 2.77. The normalized spacial score (nSPS) is 13.9. The Morgan fingerprint density at radius 1 is 1.29 bits per heavy atom. The van der Waals surface area contributed by atoms with Crippen LogP contribution in [0.3, 0.4) is 0 Å². The number of hydrogen-bond donors (Lipinski definition) is 1. The summed E-state index contributed by atoms with van der Waals surface area (Å²) in [6, 6.07) is 10.1. The van der Waals surface area contributed by atoms with E-state index in [9.17, 15) is 9.18 Å². The Balaban J connectivity index is 1.51. The molecule has 3 aromatic rings. The number of amides is 2. The average Bonchev–Trinajstić information content (AvgIpc) is 3.30. The zero-order valence-corrected chi connectivity index (χ0v) is 13.0. The zero-order chi connectivity index (χ0) is 16.5. The number of urea groups is 1. The van der Waals surface area contributed by atoms with Crippen molar-refractivity contribution in [2.24, 2.45) is 0 Å². The van der Waals surface area contributed by atoms with E-state index < -0.39 is 0 Å². The van der Waals surface area contributed by atoms with E-state index in [2.05, 4.69) is 10.3 Å². The van der Waals surface area contributed by atoms with Crippen molar-refractivity contribution in [2.75, 3.05) is 5.32 Å². The molecule has 1 aliphatic rings. The average molecular weight is 324 g/mol. The molecule has 4 rings (SSSR count). The van der Waals surface area contributed by atoms with Crippen LogP contribution in [0.4, 0.5) is 14.9 Å². The highest BCUT2D eigenvalue weighted by atomic mass is 19.1. The molecule has 5 nitrogen and oxygen atoms in total. The van der Waals surface area contributed by atoms with Crippen LogP contribution in [0, 0.1) is 5.82 Å². The van der Waals surface area contributed by atoms with Gasteiger partial charge in [0, 0.05) is 42.9 Å². The van der Waals surface area contributed by atoms with Gasteiger partial charge in [-0.25, -0.2) is 14.2 Å². The number of nitrogens with zero attached hydrogens (tertiary/aromatic N) is 3. The van der Waals surface area contributed by atoms with Crippen LogP contribution in [-0.2, 0) is 6.54 Å². The van der Waals surface area contributed by atoms with Gasteiger partial charge in [0.05, 0.1) is 0 Å². The minimum Gasteiger partial charge on any atom is -0.317 e. The highest BCUT2D eigenvalue weighted by molar-refractivity contribution is 5.90. The van der Waals surface area contributed by atoms with E-state index in [-0.39, 0.29) is 17.9 Å². The molecule has 6 heteroatoms. The molecule has 0 saturated heterocycles. The van der Waals surface area contributed by atoms with Crippen LogP contribution in [0.1, 0.15) is 18.4 Å². The van der Waals surface area contributed by atoms with Crippen molar-refractivity contribution < 1.29 is 9.18 Å². The maximum atomic E-state index is 13.4. The number of halogens is 1. The van der Waals surface area contributed by atoms with Gasteiger partial charge in [-0.15, -0.1) is 0 Å². The van der Waals surface area contributed by atoms with Crippen molar-refractivity contribution in [2.45, 2.75) is 25.4 Å². The zero-order valence-electron chi connectivity index (χ0n) is 13.0. The van der Waals surface area contributed by atoms with E-state index in [1.165, 1.54) is 12.1 Å². The van der Waals surface area contributed by atoms with Crippen LogP contribution in [0.25, 0.3) is 5.65 Å². The highest BCUT2D eigenvalue weighted by Crippen LogP contribution is 2.29. The number of hydrogen-bond acceptors (Lipinski definition) is 2. The number of fused-ring (bicyclic) bond motifs is 1. The smallest absolute Gasteiger partial charge is 0.317 e. The molecular formula is C18H17FN4O. The summed E-state index contributed by atoms with van der Waals surface area (Å²) in [6.07, 6.45) is 7.39. The molecule has 24 heavy (non-hydrogen) atoms. The van der Waals surface area contributed by atoms with E-state index in [1.807, 2.05) is 35.0 Å². The van der Waals surface area contributed by atoms with Gasteiger partial charge in [0.25, 0.3) is 0 Å². The highest BCUT2D eigenvalue weighted by Gasteiger charge is 2.32. The number of nitrogens with one attached hydrogen (secondary N) is 1. The summed E-state index contributed by atoms with van der Waals surface area (Å²) in [6.45, 7) is 0.403. The van der Waals surface area contributed by atoms with E-state index in [4.69, 9.17) is 0 Å². The molecule has 0 unspecified atom stereocenters. The first-order chi connectivity index (χ1) is 11.7. The monoisotopic (exact) mass is 324 g/mol. The standard InChI is InChI=1S/C18H17FN4O/c19-14-3-1-2-13(10-14)12-23(16-4-5-16)18(24)21-15-6-8-22-9-7-20-17(22)11-15/h1-3,6-11,16H,4-5,12H2,(H,21,24). The second kappa shape index (κ2) is 5.96. The summed E-state index contributed by atoms with van der Waals surface area (Å²) in [5.41, 5.74) is 2.26. The second-order valence-corrected chi connectivity index (χ2v) is 6.03. The fourth-order valence-electron chi connectivity index (χ4n) is 2.77.